The minimum atomic E-state index is -0.218. The van der Waals surface area contributed by atoms with E-state index in [-0.39, 0.29) is 11.8 Å². The number of ether oxygens (including phenoxy) is 1. The predicted octanol–water partition coefficient (Wildman–Crippen LogP) is 4.96. The normalized spacial score (nSPS) is 10.5. The molecule has 0 radical (unpaired) electrons. The Balaban J connectivity index is 1.29. The molecule has 0 fully saturated rings. The van der Waals surface area contributed by atoms with Crippen LogP contribution in [0.5, 0.6) is 5.75 Å². The van der Waals surface area contributed by atoms with Crippen LogP contribution in [0.15, 0.2) is 84.2 Å². The molecule has 0 spiro atoms. The van der Waals surface area contributed by atoms with E-state index in [1.54, 1.807) is 30.3 Å². The van der Waals surface area contributed by atoms with Crippen LogP contribution in [0, 0.1) is 0 Å². The number of fused-ring (bicyclic) bond motifs is 1. The van der Waals surface area contributed by atoms with E-state index in [1.165, 1.54) is 11.3 Å². The third kappa shape index (κ3) is 4.85. The van der Waals surface area contributed by atoms with Crippen molar-refractivity contribution in [2.75, 3.05) is 18.5 Å². The van der Waals surface area contributed by atoms with Crippen molar-refractivity contribution in [3.63, 3.8) is 0 Å². The molecule has 5 nitrogen and oxygen atoms in total. The second-order valence-corrected chi connectivity index (χ2v) is 7.57. The number of hydrogen-bond donors (Lipinski definition) is 2. The van der Waals surface area contributed by atoms with Crippen molar-refractivity contribution in [1.82, 2.24) is 5.32 Å². The monoisotopic (exact) mass is 416 g/mol. The van der Waals surface area contributed by atoms with Crippen molar-refractivity contribution in [3.05, 3.63) is 94.7 Å². The van der Waals surface area contributed by atoms with Crippen LogP contribution in [0.3, 0.4) is 0 Å². The third-order valence-electron chi connectivity index (χ3n) is 4.50. The molecule has 1 heterocycles. The average Bonchev–Trinajstić information content (AvgIpc) is 3.32. The van der Waals surface area contributed by atoms with Crippen molar-refractivity contribution in [1.29, 1.82) is 0 Å². The Morgan fingerprint density at radius 3 is 2.53 bits per heavy atom. The minimum Gasteiger partial charge on any atom is -0.492 e. The largest absolute Gasteiger partial charge is 0.492 e. The first-order chi connectivity index (χ1) is 14.7. The fraction of sp³-hybridized carbons (Fsp3) is 0.0833. The van der Waals surface area contributed by atoms with Crippen LogP contribution < -0.4 is 15.4 Å². The fourth-order valence-electron chi connectivity index (χ4n) is 3.03. The number of hydrogen-bond acceptors (Lipinski definition) is 4. The van der Waals surface area contributed by atoms with Gasteiger partial charge in [0.15, 0.2) is 0 Å². The SMILES string of the molecule is O=C(NCCOc1ccc2ccccc2c1)c1cccc(NC(=O)c2cccs2)c1. The molecule has 0 unspecified atom stereocenters. The van der Waals surface area contributed by atoms with Gasteiger partial charge < -0.3 is 15.4 Å². The van der Waals surface area contributed by atoms with E-state index in [4.69, 9.17) is 4.74 Å². The van der Waals surface area contributed by atoms with Crippen molar-refractivity contribution in [2.45, 2.75) is 0 Å². The highest BCUT2D eigenvalue weighted by Crippen LogP contribution is 2.20. The topological polar surface area (TPSA) is 67.4 Å². The molecule has 4 rings (SSSR count). The van der Waals surface area contributed by atoms with Gasteiger partial charge >= 0.3 is 0 Å². The van der Waals surface area contributed by atoms with Crippen LogP contribution in [0.4, 0.5) is 5.69 Å². The van der Waals surface area contributed by atoms with E-state index in [0.717, 1.165) is 16.5 Å². The molecule has 6 heteroatoms. The van der Waals surface area contributed by atoms with Crippen molar-refractivity contribution >= 4 is 39.6 Å². The number of amides is 2. The summed E-state index contributed by atoms with van der Waals surface area (Å²) in [5.74, 6) is 0.358. The zero-order chi connectivity index (χ0) is 20.8. The molecule has 0 aliphatic carbocycles. The summed E-state index contributed by atoms with van der Waals surface area (Å²) in [7, 11) is 0. The van der Waals surface area contributed by atoms with Gasteiger partial charge in [0.1, 0.15) is 12.4 Å². The maximum Gasteiger partial charge on any atom is 0.265 e. The summed E-state index contributed by atoms with van der Waals surface area (Å²) < 4.78 is 5.75. The Kier molecular flexibility index (Phi) is 6.06. The van der Waals surface area contributed by atoms with Crippen LogP contribution in [0.1, 0.15) is 20.0 Å². The Morgan fingerprint density at radius 2 is 1.70 bits per heavy atom. The molecule has 30 heavy (non-hydrogen) atoms. The van der Waals surface area contributed by atoms with Gasteiger partial charge in [0.2, 0.25) is 0 Å². The van der Waals surface area contributed by atoms with Crippen LogP contribution >= 0.6 is 11.3 Å². The van der Waals surface area contributed by atoms with Gasteiger partial charge in [-0.3, -0.25) is 9.59 Å². The summed E-state index contributed by atoms with van der Waals surface area (Å²) in [6.45, 7) is 0.732. The Bertz CT molecular complexity index is 1170. The molecule has 0 saturated heterocycles. The maximum absolute atomic E-state index is 12.4. The van der Waals surface area contributed by atoms with Gasteiger partial charge in [-0.15, -0.1) is 11.3 Å². The molecule has 150 valence electrons. The second-order valence-electron chi connectivity index (χ2n) is 6.63. The first kappa shape index (κ1) is 19.7. The predicted molar refractivity (Wildman–Crippen MR) is 120 cm³/mol. The van der Waals surface area contributed by atoms with Crippen LogP contribution in [-0.4, -0.2) is 25.0 Å². The first-order valence-electron chi connectivity index (χ1n) is 9.54. The van der Waals surface area contributed by atoms with Crippen molar-refractivity contribution in [2.24, 2.45) is 0 Å². The maximum atomic E-state index is 12.4. The lowest BCUT2D eigenvalue weighted by Gasteiger charge is -2.10. The highest BCUT2D eigenvalue weighted by atomic mass is 32.1. The second kappa shape index (κ2) is 9.24. The number of thiophene rings is 1. The lowest BCUT2D eigenvalue weighted by atomic mass is 10.1. The Labute approximate surface area is 178 Å². The van der Waals surface area contributed by atoms with Crippen LogP contribution in [0.25, 0.3) is 10.8 Å². The molecule has 0 saturated carbocycles. The molecule has 4 aromatic rings. The smallest absolute Gasteiger partial charge is 0.265 e. The quantitative estimate of drug-likeness (QED) is 0.418. The molecule has 2 N–H and O–H groups in total. The van der Waals surface area contributed by atoms with E-state index in [1.807, 2.05) is 47.8 Å². The number of carbonyl (C=O) groups is 2. The fourth-order valence-corrected chi connectivity index (χ4v) is 3.65. The Morgan fingerprint density at radius 1 is 0.833 bits per heavy atom. The zero-order valence-electron chi connectivity index (χ0n) is 16.1. The lowest BCUT2D eigenvalue weighted by molar-refractivity contribution is 0.0945. The van der Waals surface area contributed by atoms with Crippen LogP contribution in [-0.2, 0) is 0 Å². The molecule has 2 amide bonds. The highest BCUT2D eigenvalue weighted by Gasteiger charge is 2.10. The standard InChI is InChI=1S/C24H20N2O3S/c27-23(19-7-3-8-20(15-19)26-24(28)22-9-4-14-30-22)25-12-13-29-21-11-10-17-5-1-2-6-18(17)16-21/h1-11,14-16H,12-13H2,(H,25,27)(H,26,28). The van der Waals surface area contributed by atoms with E-state index in [9.17, 15) is 9.59 Å². The average molecular weight is 417 g/mol. The highest BCUT2D eigenvalue weighted by molar-refractivity contribution is 7.12. The van der Waals surface area contributed by atoms with Gasteiger partial charge in [0, 0.05) is 11.3 Å². The number of nitrogens with one attached hydrogen (secondary N) is 2. The lowest BCUT2D eigenvalue weighted by Crippen LogP contribution is -2.28. The molecular weight excluding hydrogens is 396 g/mol. The zero-order valence-corrected chi connectivity index (χ0v) is 16.9. The summed E-state index contributed by atoms with van der Waals surface area (Å²) >= 11 is 1.37. The summed E-state index contributed by atoms with van der Waals surface area (Å²) in [6, 6.07) is 24.4. The molecule has 0 bridgehead atoms. The minimum absolute atomic E-state index is 0.189. The van der Waals surface area contributed by atoms with E-state index in [2.05, 4.69) is 16.7 Å². The van der Waals surface area contributed by atoms with Crippen molar-refractivity contribution < 1.29 is 14.3 Å². The first-order valence-corrected chi connectivity index (χ1v) is 10.4. The van der Waals surface area contributed by atoms with Crippen LogP contribution in [0.2, 0.25) is 0 Å². The van der Waals surface area contributed by atoms with Gasteiger partial charge in [-0.2, -0.15) is 0 Å². The van der Waals surface area contributed by atoms with Crippen molar-refractivity contribution in [3.8, 4) is 5.75 Å². The number of anilines is 1. The molecule has 1 aromatic heterocycles. The molecule has 0 atom stereocenters. The summed E-state index contributed by atoms with van der Waals surface area (Å²) in [6.07, 6.45) is 0. The van der Waals surface area contributed by atoms with E-state index < -0.39 is 0 Å². The van der Waals surface area contributed by atoms with E-state index in [0.29, 0.717) is 29.3 Å². The van der Waals surface area contributed by atoms with Gasteiger partial charge in [0.25, 0.3) is 11.8 Å². The van der Waals surface area contributed by atoms with Gasteiger partial charge in [-0.1, -0.05) is 42.5 Å². The molecular formula is C24H20N2O3S. The summed E-state index contributed by atoms with van der Waals surface area (Å²) in [5, 5.41) is 9.76. The summed E-state index contributed by atoms with van der Waals surface area (Å²) in [5.41, 5.74) is 1.05. The van der Waals surface area contributed by atoms with Gasteiger partial charge in [0.05, 0.1) is 11.4 Å². The number of rotatable bonds is 7. The molecule has 0 aliphatic rings. The molecule has 3 aromatic carbocycles. The van der Waals surface area contributed by atoms with Gasteiger partial charge in [-0.25, -0.2) is 0 Å². The number of carbonyl (C=O) groups excluding carboxylic acids is 2. The van der Waals surface area contributed by atoms with Gasteiger partial charge in [-0.05, 0) is 52.6 Å². The van der Waals surface area contributed by atoms with E-state index >= 15 is 0 Å². The number of benzene rings is 3. The third-order valence-corrected chi connectivity index (χ3v) is 5.37. The summed E-state index contributed by atoms with van der Waals surface area (Å²) in [4.78, 5) is 25.2. The Hall–Kier alpha value is -3.64. The molecule has 0 aliphatic heterocycles.